The van der Waals surface area contributed by atoms with Crippen LogP contribution in [0.15, 0.2) is 77.4 Å². The van der Waals surface area contributed by atoms with Gasteiger partial charge in [0.15, 0.2) is 6.61 Å². The number of amides is 2. The highest BCUT2D eigenvalue weighted by Gasteiger charge is 2.19. The van der Waals surface area contributed by atoms with E-state index in [0.29, 0.717) is 11.4 Å². The molecule has 0 bridgehead atoms. The van der Waals surface area contributed by atoms with Crippen LogP contribution in [0.5, 0.6) is 5.75 Å². The van der Waals surface area contributed by atoms with Crippen molar-refractivity contribution in [1.29, 1.82) is 0 Å². The fourth-order valence-electron chi connectivity index (χ4n) is 2.51. The highest BCUT2D eigenvalue weighted by molar-refractivity contribution is 5.94. The van der Waals surface area contributed by atoms with E-state index in [1.54, 1.807) is 42.5 Å². The Labute approximate surface area is 161 Å². The van der Waals surface area contributed by atoms with E-state index in [0.717, 1.165) is 0 Å². The molecule has 7 heteroatoms. The zero-order valence-electron chi connectivity index (χ0n) is 15.0. The number of anilines is 1. The van der Waals surface area contributed by atoms with Crippen molar-refractivity contribution in [1.82, 2.24) is 4.90 Å². The largest absolute Gasteiger partial charge is 0.484 e. The lowest BCUT2D eigenvalue weighted by Crippen LogP contribution is -2.40. The number of hydrogen-bond acceptors (Lipinski definition) is 4. The Hall–Kier alpha value is -3.61. The standard InChI is InChI=1S/C21H19FN2O4/c22-16-6-4-9-18(12-16)28-15-21(26)24(13-19-10-5-11-27-19)14-20(25)23-17-7-2-1-3-8-17/h1-12H,13-15H2,(H,23,25). The minimum Gasteiger partial charge on any atom is -0.484 e. The summed E-state index contributed by atoms with van der Waals surface area (Å²) < 4.78 is 23.9. The number of para-hydroxylation sites is 1. The van der Waals surface area contributed by atoms with Crippen molar-refractivity contribution < 1.29 is 23.1 Å². The van der Waals surface area contributed by atoms with Gasteiger partial charge < -0.3 is 19.4 Å². The maximum Gasteiger partial charge on any atom is 0.261 e. The number of rotatable bonds is 8. The molecular formula is C21H19FN2O4. The third kappa shape index (κ3) is 5.70. The molecule has 0 unspecified atom stereocenters. The van der Waals surface area contributed by atoms with Gasteiger partial charge in [0.05, 0.1) is 12.8 Å². The van der Waals surface area contributed by atoms with Gasteiger partial charge >= 0.3 is 0 Å². The van der Waals surface area contributed by atoms with Crippen LogP contribution in [-0.4, -0.2) is 29.9 Å². The molecular weight excluding hydrogens is 363 g/mol. The van der Waals surface area contributed by atoms with Gasteiger partial charge in [-0.3, -0.25) is 9.59 Å². The van der Waals surface area contributed by atoms with E-state index in [-0.39, 0.29) is 31.4 Å². The Morgan fingerprint density at radius 3 is 2.57 bits per heavy atom. The van der Waals surface area contributed by atoms with Crippen LogP contribution >= 0.6 is 0 Å². The lowest BCUT2D eigenvalue weighted by molar-refractivity contribution is -0.137. The number of nitrogens with zero attached hydrogens (tertiary/aromatic N) is 1. The molecule has 0 saturated carbocycles. The van der Waals surface area contributed by atoms with Gasteiger partial charge in [0.25, 0.3) is 5.91 Å². The van der Waals surface area contributed by atoms with E-state index in [2.05, 4.69) is 5.32 Å². The van der Waals surface area contributed by atoms with Crippen LogP contribution < -0.4 is 10.1 Å². The highest BCUT2D eigenvalue weighted by atomic mass is 19.1. The summed E-state index contributed by atoms with van der Waals surface area (Å²) in [5.74, 6) is -0.466. The maximum atomic E-state index is 13.2. The Balaban J connectivity index is 1.63. The number of carbonyl (C=O) groups is 2. The molecule has 0 aliphatic carbocycles. The summed E-state index contributed by atoms with van der Waals surface area (Å²) in [7, 11) is 0. The summed E-state index contributed by atoms with van der Waals surface area (Å²) in [6.45, 7) is -0.399. The summed E-state index contributed by atoms with van der Waals surface area (Å²) in [5.41, 5.74) is 0.633. The normalized spacial score (nSPS) is 10.3. The second kappa shape index (κ2) is 9.36. The minimum absolute atomic E-state index is 0.112. The van der Waals surface area contributed by atoms with Gasteiger partial charge in [0, 0.05) is 11.8 Å². The SMILES string of the molecule is O=C(CN(Cc1ccco1)C(=O)COc1cccc(F)c1)Nc1ccccc1. The van der Waals surface area contributed by atoms with E-state index < -0.39 is 11.7 Å². The van der Waals surface area contributed by atoms with Crippen molar-refractivity contribution in [3.05, 3.63) is 84.6 Å². The van der Waals surface area contributed by atoms with E-state index in [1.807, 2.05) is 6.07 Å². The molecule has 6 nitrogen and oxygen atoms in total. The number of halogens is 1. The zero-order valence-corrected chi connectivity index (χ0v) is 15.0. The lowest BCUT2D eigenvalue weighted by atomic mass is 10.3. The fraction of sp³-hybridized carbons (Fsp3) is 0.143. The predicted molar refractivity (Wildman–Crippen MR) is 101 cm³/mol. The molecule has 1 heterocycles. The van der Waals surface area contributed by atoms with Crippen molar-refractivity contribution in [2.75, 3.05) is 18.5 Å². The molecule has 0 aliphatic heterocycles. The molecule has 0 radical (unpaired) electrons. The third-order valence-electron chi connectivity index (χ3n) is 3.83. The molecule has 3 rings (SSSR count). The first-order valence-corrected chi connectivity index (χ1v) is 8.63. The van der Waals surface area contributed by atoms with Crippen LogP contribution in [0.1, 0.15) is 5.76 Å². The molecule has 2 amide bonds. The van der Waals surface area contributed by atoms with Gasteiger partial charge in [0.1, 0.15) is 23.9 Å². The van der Waals surface area contributed by atoms with Crippen LogP contribution in [0, 0.1) is 5.82 Å². The van der Waals surface area contributed by atoms with E-state index in [4.69, 9.17) is 9.15 Å². The van der Waals surface area contributed by atoms with Gasteiger partial charge in [0.2, 0.25) is 5.91 Å². The molecule has 0 spiro atoms. The molecule has 0 aliphatic rings. The van der Waals surface area contributed by atoms with Gasteiger partial charge in [-0.1, -0.05) is 24.3 Å². The molecule has 28 heavy (non-hydrogen) atoms. The van der Waals surface area contributed by atoms with E-state index >= 15 is 0 Å². The molecule has 0 fully saturated rings. The topological polar surface area (TPSA) is 71.8 Å². The van der Waals surface area contributed by atoms with Crippen molar-refractivity contribution in [3.8, 4) is 5.75 Å². The number of carbonyl (C=O) groups excluding carboxylic acids is 2. The van der Waals surface area contributed by atoms with Gasteiger partial charge in [-0.2, -0.15) is 0 Å². The van der Waals surface area contributed by atoms with Crippen LogP contribution in [0.4, 0.5) is 10.1 Å². The van der Waals surface area contributed by atoms with E-state index in [9.17, 15) is 14.0 Å². The number of hydrogen-bond donors (Lipinski definition) is 1. The maximum absolute atomic E-state index is 13.2. The highest BCUT2D eigenvalue weighted by Crippen LogP contribution is 2.13. The molecule has 3 aromatic rings. The number of benzene rings is 2. The monoisotopic (exact) mass is 382 g/mol. The van der Waals surface area contributed by atoms with Gasteiger partial charge in [-0.15, -0.1) is 0 Å². The summed E-state index contributed by atoms with van der Waals surface area (Å²) in [5, 5.41) is 2.73. The second-order valence-corrected chi connectivity index (χ2v) is 5.99. The van der Waals surface area contributed by atoms with Crippen molar-refractivity contribution in [3.63, 3.8) is 0 Å². The Morgan fingerprint density at radius 2 is 1.86 bits per heavy atom. The Morgan fingerprint density at radius 1 is 1.04 bits per heavy atom. The number of ether oxygens (including phenoxy) is 1. The van der Waals surface area contributed by atoms with Crippen molar-refractivity contribution in [2.45, 2.75) is 6.54 Å². The van der Waals surface area contributed by atoms with E-state index in [1.165, 1.54) is 29.4 Å². The molecule has 1 aromatic heterocycles. The summed E-state index contributed by atoms with van der Waals surface area (Å²) in [4.78, 5) is 26.3. The van der Waals surface area contributed by atoms with Crippen LogP contribution in [0.2, 0.25) is 0 Å². The molecule has 144 valence electrons. The molecule has 0 atom stereocenters. The zero-order chi connectivity index (χ0) is 19.8. The van der Waals surface area contributed by atoms with Gasteiger partial charge in [-0.25, -0.2) is 4.39 Å². The predicted octanol–water partition coefficient (Wildman–Crippen LogP) is 3.47. The number of furan rings is 1. The third-order valence-corrected chi connectivity index (χ3v) is 3.83. The Bertz CT molecular complexity index is 913. The molecule has 1 N–H and O–H groups in total. The average Bonchev–Trinajstić information content (AvgIpc) is 3.19. The smallest absolute Gasteiger partial charge is 0.261 e. The minimum atomic E-state index is -0.459. The first-order chi connectivity index (χ1) is 13.6. The van der Waals surface area contributed by atoms with Crippen LogP contribution in [0.25, 0.3) is 0 Å². The quantitative estimate of drug-likeness (QED) is 0.648. The first kappa shape index (κ1) is 19.2. The average molecular weight is 382 g/mol. The molecule has 0 saturated heterocycles. The van der Waals surface area contributed by atoms with Crippen molar-refractivity contribution in [2.24, 2.45) is 0 Å². The molecule has 2 aromatic carbocycles. The van der Waals surface area contributed by atoms with Crippen molar-refractivity contribution >= 4 is 17.5 Å². The summed E-state index contributed by atoms with van der Waals surface area (Å²) in [6.07, 6.45) is 1.49. The fourth-order valence-corrected chi connectivity index (χ4v) is 2.51. The Kier molecular flexibility index (Phi) is 6.41. The number of nitrogens with one attached hydrogen (secondary N) is 1. The summed E-state index contributed by atoms with van der Waals surface area (Å²) >= 11 is 0. The van der Waals surface area contributed by atoms with Crippen LogP contribution in [-0.2, 0) is 16.1 Å². The van der Waals surface area contributed by atoms with Crippen LogP contribution in [0.3, 0.4) is 0 Å². The summed E-state index contributed by atoms with van der Waals surface area (Å²) in [6, 6.07) is 17.9. The lowest BCUT2D eigenvalue weighted by Gasteiger charge is -2.21. The second-order valence-electron chi connectivity index (χ2n) is 5.99. The van der Waals surface area contributed by atoms with Gasteiger partial charge in [-0.05, 0) is 36.4 Å². The first-order valence-electron chi connectivity index (χ1n) is 8.63.